The lowest BCUT2D eigenvalue weighted by atomic mass is 10.1. The van der Waals surface area contributed by atoms with Crippen LogP contribution in [0.2, 0.25) is 0 Å². The molecule has 1 saturated heterocycles. The molecular formula is C26H29N7O3. The molecule has 5 heterocycles. The van der Waals surface area contributed by atoms with Crippen LogP contribution in [0.25, 0.3) is 22.2 Å². The van der Waals surface area contributed by atoms with Crippen molar-refractivity contribution in [3.8, 4) is 17.0 Å². The number of carbonyl (C=O) groups excluding carboxylic acids is 1. The molecule has 0 spiro atoms. The number of benzene rings is 1. The van der Waals surface area contributed by atoms with E-state index in [9.17, 15) is 9.59 Å². The van der Waals surface area contributed by atoms with Crippen molar-refractivity contribution in [3.05, 3.63) is 58.6 Å². The van der Waals surface area contributed by atoms with E-state index in [0.29, 0.717) is 35.1 Å². The number of hydrogen-bond acceptors (Lipinski definition) is 6. The molecule has 2 aliphatic rings. The second kappa shape index (κ2) is 8.94. The highest BCUT2D eigenvalue weighted by Crippen LogP contribution is 2.32. The number of aryl methyl sites for hydroxylation is 2. The zero-order valence-electron chi connectivity index (χ0n) is 20.5. The van der Waals surface area contributed by atoms with Crippen LogP contribution >= 0.6 is 0 Å². The number of pyridine rings is 1. The summed E-state index contributed by atoms with van der Waals surface area (Å²) in [6.07, 6.45) is 6.36. The molecule has 3 aromatic heterocycles. The number of nitrogens with zero attached hydrogens (tertiary/aromatic N) is 6. The Bertz CT molecular complexity index is 1520. The van der Waals surface area contributed by atoms with Crippen molar-refractivity contribution in [2.75, 3.05) is 31.6 Å². The molecule has 2 aliphatic heterocycles. The van der Waals surface area contributed by atoms with Crippen molar-refractivity contribution in [2.45, 2.75) is 25.3 Å². The van der Waals surface area contributed by atoms with Gasteiger partial charge >= 0.3 is 0 Å². The van der Waals surface area contributed by atoms with Crippen molar-refractivity contribution in [1.82, 2.24) is 28.8 Å². The zero-order valence-corrected chi connectivity index (χ0v) is 20.5. The number of aromatic nitrogens is 5. The molecule has 0 saturated carbocycles. The van der Waals surface area contributed by atoms with Gasteiger partial charge in [0.05, 0.1) is 33.9 Å². The smallest absolute Gasteiger partial charge is 0.259 e. The van der Waals surface area contributed by atoms with Gasteiger partial charge in [-0.1, -0.05) is 18.6 Å². The fourth-order valence-electron chi connectivity index (χ4n) is 5.37. The molecule has 1 aromatic carbocycles. The maximum absolute atomic E-state index is 13.5. The average Bonchev–Trinajstić information content (AvgIpc) is 3.31. The predicted molar refractivity (Wildman–Crippen MR) is 136 cm³/mol. The van der Waals surface area contributed by atoms with E-state index >= 15 is 0 Å². The molecule has 1 amide bonds. The summed E-state index contributed by atoms with van der Waals surface area (Å²) in [6.45, 7) is 3.02. The minimum Gasteiger partial charge on any atom is -0.476 e. The first-order valence-corrected chi connectivity index (χ1v) is 12.4. The molecule has 4 bridgehead atoms. The van der Waals surface area contributed by atoms with Crippen molar-refractivity contribution in [1.29, 1.82) is 0 Å². The Morgan fingerprint density at radius 3 is 2.83 bits per heavy atom. The third-order valence-electron chi connectivity index (χ3n) is 7.18. The van der Waals surface area contributed by atoms with Crippen molar-refractivity contribution < 1.29 is 9.53 Å². The Labute approximate surface area is 208 Å². The number of fused-ring (bicyclic) bond motifs is 10. The molecule has 6 rings (SSSR count). The summed E-state index contributed by atoms with van der Waals surface area (Å²) in [6, 6.07) is 9.75. The van der Waals surface area contributed by atoms with Crippen LogP contribution in [0.3, 0.4) is 0 Å². The minimum atomic E-state index is -0.324. The van der Waals surface area contributed by atoms with Crippen molar-refractivity contribution in [2.24, 2.45) is 14.1 Å². The monoisotopic (exact) mass is 487 g/mol. The summed E-state index contributed by atoms with van der Waals surface area (Å²) < 4.78 is 11.4. The van der Waals surface area contributed by atoms with E-state index in [1.54, 1.807) is 37.2 Å². The molecule has 1 N–H and O–H groups in total. The van der Waals surface area contributed by atoms with Gasteiger partial charge in [-0.2, -0.15) is 5.10 Å². The van der Waals surface area contributed by atoms with E-state index < -0.39 is 0 Å². The highest BCUT2D eigenvalue weighted by molar-refractivity contribution is 6.04. The molecule has 4 aromatic rings. The van der Waals surface area contributed by atoms with Gasteiger partial charge in [0.2, 0.25) is 11.8 Å². The molecular weight excluding hydrogens is 458 g/mol. The second-order valence-electron chi connectivity index (χ2n) is 9.59. The van der Waals surface area contributed by atoms with E-state index in [-0.39, 0.29) is 17.5 Å². The Kier molecular flexibility index (Phi) is 5.60. The molecule has 36 heavy (non-hydrogen) atoms. The SMILES string of the molecule is Cn1ncc2c1OCCN1CCCCC(C1)n1c(nc3ccccc31)NC(=O)c1cc-2c(=O)n(C)c1. The van der Waals surface area contributed by atoms with Crippen LogP contribution in [0.15, 0.2) is 47.5 Å². The Morgan fingerprint density at radius 1 is 1.08 bits per heavy atom. The standard InChI is InChI=1S/C26H29N7O3/c1-30-15-17-13-19(24(30)35)20-14-27-31(2)25(20)36-12-11-32-10-6-5-7-18(16-32)33-22-9-4-3-8-21(22)28-26(33)29-23(17)34/h3-4,8-9,13-15,18H,5-7,10-12,16H2,1-2H3,(H,28,29,34). The quantitative estimate of drug-likeness (QED) is 0.410. The first-order chi connectivity index (χ1) is 17.5. The molecule has 10 nitrogen and oxygen atoms in total. The van der Waals surface area contributed by atoms with E-state index in [1.807, 2.05) is 18.2 Å². The topological polar surface area (TPSA) is 99.2 Å². The van der Waals surface area contributed by atoms with Gasteiger partial charge in [0, 0.05) is 39.4 Å². The lowest BCUT2D eigenvalue weighted by Gasteiger charge is -2.26. The number of anilines is 1. The largest absolute Gasteiger partial charge is 0.476 e. The lowest BCUT2D eigenvalue weighted by molar-refractivity contribution is 0.102. The second-order valence-corrected chi connectivity index (χ2v) is 9.59. The number of imidazole rings is 1. The number of nitrogens with one attached hydrogen (secondary N) is 1. The van der Waals surface area contributed by atoms with Crippen LogP contribution in [-0.4, -0.2) is 60.9 Å². The third-order valence-corrected chi connectivity index (χ3v) is 7.18. The summed E-state index contributed by atoms with van der Waals surface area (Å²) in [4.78, 5) is 33.8. The average molecular weight is 488 g/mol. The molecule has 1 fully saturated rings. The van der Waals surface area contributed by atoms with Crippen molar-refractivity contribution in [3.63, 3.8) is 0 Å². The summed E-state index contributed by atoms with van der Waals surface area (Å²) in [5.74, 6) is 0.719. The van der Waals surface area contributed by atoms with Crippen LogP contribution in [-0.2, 0) is 14.1 Å². The molecule has 2 atom stereocenters. The Hall–Kier alpha value is -3.92. The summed E-state index contributed by atoms with van der Waals surface area (Å²) in [5.41, 5.74) is 2.92. The van der Waals surface area contributed by atoms with Crippen LogP contribution < -0.4 is 15.6 Å². The van der Waals surface area contributed by atoms with Gasteiger partial charge in [-0.3, -0.25) is 19.8 Å². The first kappa shape index (κ1) is 22.5. The van der Waals surface area contributed by atoms with Gasteiger partial charge in [0.25, 0.3) is 11.5 Å². The van der Waals surface area contributed by atoms with E-state index in [4.69, 9.17) is 9.72 Å². The minimum absolute atomic E-state index is 0.156. The summed E-state index contributed by atoms with van der Waals surface area (Å²) in [7, 11) is 3.43. The van der Waals surface area contributed by atoms with Crippen LogP contribution in [0.1, 0.15) is 35.7 Å². The van der Waals surface area contributed by atoms with Crippen LogP contribution in [0.4, 0.5) is 5.95 Å². The van der Waals surface area contributed by atoms with E-state index in [0.717, 1.165) is 49.9 Å². The maximum Gasteiger partial charge on any atom is 0.259 e. The molecule has 10 heteroatoms. The summed E-state index contributed by atoms with van der Waals surface area (Å²) >= 11 is 0. The number of hydrogen-bond donors (Lipinski definition) is 1. The van der Waals surface area contributed by atoms with E-state index in [1.165, 1.54) is 4.57 Å². The highest BCUT2D eigenvalue weighted by atomic mass is 16.5. The number of para-hydroxylation sites is 2. The van der Waals surface area contributed by atoms with E-state index in [2.05, 4.69) is 25.9 Å². The third kappa shape index (κ3) is 3.87. The van der Waals surface area contributed by atoms with Crippen LogP contribution in [0, 0.1) is 0 Å². The zero-order chi connectivity index (χ0) is 24.8. The molecule has 2 unspecified atom stereocenters. The van der Waals surface area contributed by atoms with Gasteiger partial charge in [0.15, 0.2) is 0 Å². The van der Waals surface area contributed by atoms with Gasteiger partial charge in [0.1, 0.15) is 6.61 Å². The van der Waals surface area contributed by atoms with Gasteiger partial charge < -0.3 is 13.9 Å². The predicted octanol–water partition coefficient (Wildman–Crippen LogP) is 2.81. The van der Waals surface area contributed by atoms with Gasteiger partial charge in [-0.15, -0.1) is 0 Å². The first-order valence-electron chi connectivity index (χ1n) is 12.4. The van der Waals surface area contributed by atoms with Crippen LogP contribution in [0.5, 0.6) is 5.88 Å². The molecule has 186 valence electrons. The van der Waals surface area contributed by atoms with Gasteiger partial charge in [-0.05, 0) is 37.6 Å². The van der Waals surface area contributed by atoms with Gasteiger partial charge in [-0.25, -0.2) is 9.67 Å². The normalized spacial score (nSPS) is 20.3. The Morgan fingerprint density at radius 2 is 1.94 bits per heavy atom. The molecule has 0 radical (unpaired) electrons. The number of ether oxygens (including phenoxy) is 1. The highest BCUT2D eigenvalue weighted by Gasteiger charge is 2.26. The number of amides is 1. The van der Waals surface area contributed by atoms with Crippen molar-refractivity contribution >= 4 is 22.9 Å². The molecule has 0 aliphatic carbocycles. The maximum atomic E-state index is 13.5. The number of rotatable bonds is 0. The Balaban J connectivity index is 1.52. The fourth-order valence-corrected chi connectivity index (χ4v) is 5.37. The lowest BCUT2D eigenvalue weighted by Crippen LogP contribution is -2.33. The fraction of sp³-hybridized carbons (Fsp3) is 0.385. The summed E-state index contributed by atoms with van der Waals surface area (Å²) in [5, 5.41) is 7.39. The number of carbonyl (C=O) groups is 1.